The van der Waals surface area contributed by atoms with Gasteiger partial charge in [0.15, 0.2) is 0 Å². The van der Waals surface area contributed by atoms with Gasteiger partial charge in [-0.15, -0.1) is 11.3 Å². The van der Waals surface area contributed by atoms with Crippen molar-refractivity contribution in [2.24, 2.45) is 0 Å². The monoisotopic (exact) mass is 623 g/mol. The maximum absolute atomic E-state index is 14.2. The summed E-state index contributed by atoms with van der Waals surface area (Å²) >= 11 is 1.46. The van der Waals surface area contributed by atoms with Crippen LogP contribution < -0.4 is 11.1 Å². The van der Waals surface area contributed by atoms with Crippen molar-refractivity contribution in [2.75, 3.05) is 18.8 Å². The van der Waals surface area contributed by atoms with Crippen molar-refractivity contribution in [3.05, 3.63) is 107 Å². The lowest BCUT2D eigenvalue weighted by Gasteiger charge is -2.34. The van der Waals surface area contributed by atoms with Crippen molar-refractivity contribution in [3.63, 3.8) is 0 Å². The van der Waals surface area contributed by atoms with Gasteiger partial charge in [-0.25, -0.2) is 18.7 Å². The van der Waals surface area contributed by atoms with Crippen molar-refractivity contribution in [2.45, 2.75) is 32.0 Å². The van der Waals surface area contributed by atoms with Crippen LogP contribution in [0.4, 0.5) is 14.6 Å². The molecule has 0 radical (unpaired) electrons. The molecule has 0 atom stereocenters. The third kappa shape index (κ3) is 7.07. The summed E-state index contributed by atoms with van der Waals surface area (Å²) in [7, 11) is 0. The van der Waals surface area contributed by atoms with E-state index < -0.39 is 5.67 Å². The summed E-state index contributed by atoms with van der Waals surface area (Å²) in [4.78, 5) is 36.1. The number of likely N-dealkylation sites (tertiary alicyclic amines) is 1. The molecule has 0 aliphatic carbocycles. The lowest BCUT2D eigenvalue weighted by Crippen LogP contribution is -2.43. The number of halogens is 2. The molecular formula is C35H31F2N5O2S. The van der Waals surface area contributed by atoms with Crippen molar-refractivity contribution < 1.29 is 18.4 Å². The second-order valence-corrected chi connectivity index (χ2v) is 12.4. The Balaban J connectivity index is 1.24. The molecule has 228 valence electrons. The first kappa shape index (κ1) is 30.1. The maximum Gasteiger partial charge on any atom is 0.253 e. The normalized spacial score (nSPS) is 14.6. The topological polar surface area (TPSA) is 101 Å². The van der Waals surface area contributed by atoms with E-state index >= 15 is 0 Å². The van der Waals surface area contributed by atoms with Crippen molar-refractivity contribution in [1.29, 1.82) is 0 Å². The zero-order valence-corrected chi connectivity index (χ0v) is 25.4. The van der Waals surface area contributed by atoms with Crippen molar-refractivity contribution >= 4 is 45.3 Å². The third-order valence-corrected chi connectivity index (χ3v) is 9.00. The second-order valence-electron chi connectivity index (χ2n) is 11.3. The Morgan fingerprint density at radius 3 is 2.40 bits per heavy atom. The van der Waals surface area contributed by atoms with Crippen LogP contribution in [-0.4, -0.2) is 45.4 Å². The predicted octanol–water partition coefficient (Wildman–Crippen LogP) is 7.04. The van der Waals surface area contributed by atoms with Gasteiger partial charge in [-0.3, -0.25) is 9.59 Å². The maximum atomic E-state index is 14.2. The summed E-state index contributed by atoms with van der Waals surface area (Å²) in [5.41, 5.74) is 9.92. The van der Waals surface area contributed by atoms with E-state index in [2.05, 4.69) is 10.3 Å². The number of nitrogens with two attached hydrogens (primary N) is 1. The van der Waals surface area contributed by atoms with Crippen LogP contribution in [0, 0.1) is 5.82 Å². The number of hydrogen-bond acceptors (Lipinski definition) is 6. The number of carbonyl (C=O) groups is 2. The SMILES string of the molecule is CC1(F)CCN(C(=O)c2ccc(-c3cc(-c4ccc(F)cc4)c4sc(CNC(=O)/C=C/c5ccc(N)nc5)nc4c3)cc2)CC1. The van der Waals surface area contributed by atoms with Gasteiger partial charge in [-0.05, 0) is 96.6 Å². The molecule has 1 saturated heterocycles. The molecule has 1 aliphatic heterocycles. The first-order chi connectivity index (χ1) is 21.6. The summed E-state index contributed by atoms with van der Waals surface area (Å²) in [6, 6.07) is 21.1. The van der Waals surface area contributed by atoms with E-state index in [0.717, 1.165) is 38.0 Å². The number of carbonyl (C=O) groups excluding carboxylic acids is 2. The molecule has 10 heteroatoms. The van der Waals surface area contributed by atoms with Crippen LogP contribution in [0.2, 0.25) is 0 Å². The molecule has 3 N–H and O–H groups in total. The number of nitrogens with one attached hydrogen (secondary N) is 1. The van der Waals surface area contributed by atoms with E-state index in [9.17, 15) is 18.4 Å². The zero-order chi connectivity index (χ0) is 31.6. The molecular weight excluding hydrogens is 592 g/mol. The fourth-order valence-electron chi connectivity index (χ4n) is 5.24. The number of pyridine rings is 1. The number of aromatic nitrogens is 2. The fraction of sp³-hybridized carbons (Fsp3) is 0.200. The van der Waals surface area contributed by atoms with Gasteiger partial charge in [-0.1, -0.05) is 24.3 Å². The number of fused-ring (bicyclic) bond motifs is 1. The summed E-state index contributed by atoms with van der Waals surface area (Å²) in [6.45, 7) is 2.61. The Kier molecular flexibility index (Phi) is 8.40. The minimum Gasteiger partial charge on any atom is -0.384 e. The minimum atomic E-state index is -1.23. The Morgan fingerprint density at radius 2 is 1.71 bits per heavy atom. The van der Waals surface area contributed by atoms with Crippen LogP contribution in [-0.2, 0) is 11.3 Å². The van der Waals surface area contributed by atoms with Gasteiger partial charge in [-0.2, -0.15) is 0 Å². The molecule has 1 fully saturated rings. The number of alkyl halides is 1. The fourth-order valence-corrected chi connectivity index (χ4v) is 6.26. The quantitative estimate of drug-likeness (QED) is 0.190. The average Bonchev–Trinajstić information content (AvgIpc) is 3.46. The van der Waals surface area contributed by atoms with Crippen molar-refractivity contribution in [3.8, 4) is 22.3 Å². The smallest absolute Gasteiger partial charge is 0.253 e. The highest BCUT2D eigenvalue weighted by atomic mass is 32.1. The van der Waals surface area contributed by atoms with Gasteiger partial charge in [0.2, 0.25) is 5.91 Å². The van der Waals surface area contributed by atoms with Crippen LogP contribution in [0.3, 0.4) is 0 Å². The molecule has 6 rings (SSSR count). The van der Waals surface area contributed by atoms with Crippen LogP contribution in [0.15, 0.2) is 85.1 Å². The number of rotatable bonds is 7. The standard InChI is InChI=1S/C35H31F2N5O2S/c1-35(37)14-16-42(17-15-35)34(44)25-6-4-23(5-7-25)26-18-28(24-8-10-27(36)11-9-24)33-29(19-26)41-32(45-33)21-40-31(43)13-3-22-2-12-30(38)39-20-22/h2-13,18-20H,14-17,21H2,1H3,(H2,38,39)(H,40,43)/b13-3+. The summed E-state index contributed by atoms with van der Waals surface area (Å²) in [5, 5.41) is 3.59. The average molecular weight is 624 g/mol. The molecule has 0 spiro atoms. The molecule has 7 nitrogen and oxygen atoms in total. The molecule has 3 aromatic carbocycles. The Hall–Kier alpha value is -4.96. The molecule has 0 unspecified atom stereocenters. The van der Waals surface area contributed by atoms with Gasteiger partial charge in [0, 0.05) is 36.5 Å². The molecule has 3 heterocycles. The van der Waals surface area contributed by atoms with E-state index in [0.29, 0.717) is 42.3 Å². The molecule has 0 bridgehead atoms. The number of hydrogen-bond donors (Lipinski definition) is 2. The predicted molar refractivity (Wildman–Crippen MR) is 175 cm³/mol. The molecule has 1 aliphatic rings. The Labute approximate surface area is 263 Å². The second kappa shape index (κ2) is 12.6. The number of thiazole rings is 1. The molecule has 0 saturated carbocycles. The third-order valence-electron chi connectivity index (χ3n) is 7.90. The summed E-state index contributed by atoms with van der Waals surface area (Å²) < 4.78 is 28.9. The number of nitrogens with zero attached hydrogens (tertiary/aromatic N) is 3. The Bertz CT molecular complexity index is 1880. The van der Waals surface area contributed by atoms with Crippen LogP contribution in [0.1, 0.15) is 40.7 Å². The Morgan fingerprint density at radius 1 is 1.00 bits per heavy atom. The lowest BCUT2D eigenvalue weighted by molar-refractivity contribution is -0.116. The van der Waals surface area contributed by atoms with E-state index in [4.69, 9.17) is 10.7 Å². The number of benzene rings is 3. The first-order valence-electron chi connectivity index (χ1n) is 14.6. The lowest BCUT2D eigenvalue weighted by atomic mass is 9.95. The molecule has 2 aromatic heterocycles. The van der Waals surface area contributed by atoms with Gasteiger partial charge >= 0.3 is 0 Å². The summed E-state index contributed by atoms with van der Waals surface area (Å²) in [5.74, 6) is -0.301. The zero-order valence-electron chi connectivity index (χ0n) is 24.6. The van der Waals surface area contributed by atoms with Gasteiger partial charge in [0.1, 0.15) is 22.3 Å². The minimum absolute atomic E-state index is 0.106. The highest BCUT2D eigenvalue weighted by Crippen LogP contribution is 2.37. The van der Waals surface area contributed by atoms with Crippen LogP contribution in [0.5, 0.6) is 0 Å². The summed E-state index contributed by atoms with van der Waals surface area (Å²) in [6.07, 6.45) is 5.34. The van der Waals surface area contributed by atoms with E-state index in [1.54, 1.807) is 60.5 Å². The van der Waals surface area contributed by atoms with E-state index in [1.165, 1.54) is 29.5 Å². The molecule has 2 amide bonds. The highest BCUT2D eigenvalue weighted by Gasteiger charge is 2.31. The number of amides is 2. The highest BCUT2D eigenvalue weighted by molar-refractivity contribution is 7.19. The van der Waals surface area contributed by atoms with E-state index in [-0.39, 0.29) is 24.2 Å². The first-order valence-corrected chi connectivity index (χ1v) is 15.4. The number of nitrogen functional groups attached to an aromatic ring is 1. The van der Waals surface area contributed by atoms with E-state index in [1.807, 2.05) is 24.3 Å². The van der Waals surface area contributed by atoms with Crippen molar-refractivity contribution in [1.82, 2.24) is 20.2 Å². The largest absolute Gasteiger partial charge is 0.384 e. The van der Waals surface area contributed by atoms with Gasteiger partial charge in [0.05, 0.1) is 16.8 Å². The van der Waals surface area contributed by atoms with Gasteiger partial charge < -0.3 is 16.0 Å². The molecule has 5 aromatic rings. The van der Waals surface area contributed by atoms with Gasteiger partial charge in [0.25, 0.3) is 5.91 Å². The molecule has 45 heavy (non-hydrogen) atoms. The number of anilines is 1. The van der Waals surface area contributed by atoms with Crippen LogP contribution in [0.25, 0.3) is 38.5 Å². The van der Waals surface area contributed by atoms with Crippen LogP contribution >= 0.6 is 11.3 Å². The number of piperidine rings is 1.